The smallest absolute Gasteiger partial charge is 0.328 e. The highest BCUT2D eigenvalue weighted by Crippen LogP contribution is 2.34. The average Bonchev–Trinajstić information content (AvgIpc) is 3.82. The van der Waals surface area contributed by atoms with Crippen LogP contribution in [0.2, 0.25) is 0 Å². The molecule has 0 radical (unpaired) electrons. The molecule has 0 saturated heterocycles. The number of rotatable bonds is 14. The zero-order valence-electron chi connectivity index (χ0n) is 24.2. The fourth-order valence-electron chi connectivity index (χ4n) is 4.26. The van der Waals surface area contributed by atoms with Gasteiger partial charge in [-0.25, -0.2) is 9.78 Å². The van der Waals surface area contributed by atoms with Crippen LogP contribution in [0.1, 0.15) is 55.8 Å². The number of hydrogen-bond donors (Lipinski definition) is 1. The number of methoxy groups -OCH3 is 1. The Morgan fingerprint density at radius 3 is 2.31 bits per heavy atom. The molecule has 222 valence electrons. The van der Waals surface area contributed by atoms with Gasteiger partial charge >= 0.3 is 11.9 Å². The number of aromatic nitrogens is 1. The van der Waals surface area contributed by atoms with E-state index in [4.69, 9.17) is 23.7 Å². The highest BCUT2D eigenvalue weighted by Gasteiger charge is 2.30. The number of carbonyl (C=O) groups excluding carboxylic acids is 3. The lowest BCUT2D eigenvalue weighted by Crippen LogP contribution is -2.42. The van der Waals surface area contributed by atoms with Gasteiger partial charge in [0.15, 0.2) is 17.2 Å². The van der Waals surface area contributed by atoms with Crippen molar-refractivity contribution in [3.63, 3.8) is 0 Å². The van der Waals surface area contributed by atoms with E-state index in [2.05, 4.69) is 10.3 Å². The van der Waals surface area contributed by atoms with Crippen molar-refractivity contribution in [2.75, 3.05) is 20.5 Å². The van der Waals surface area contributed by atoms with E-state index in [1.807, 2.05) is 54.6 Å². The molecule has 1 heterocycles. The molecule has 0 unspecified atom stereocenters. The largest absolute Gasteiger partial charge is 0.493 e. The molecule has 42 heavy (non-hydrogen) atoms. The number of benzene rings is 2. The van der Waals surface area contributed by atoms with Gasteiger partial charge in [0.05, 0.1) is 13.7 Å². The van der Waals surface area contributed by atoms with Crippen molar-refractivity contribution in [1.29, 1.82) is 0 Å². The van der Waals surface area contributed by atoms with Crippen LogP contribution in [0.15, 0.2) is 66.9 Å². The van der Waals surface area contributed by atoms with Gasteiger partial charge in [0.1, 0.15) is 18.2 Å². The van der Waals surface area contributed by atoms with Gasteiger partial charge in [0.2, 0.25) is 6.79 Å². The zero-order chi connectivity index (χ0) is 30.1. The third-order valence-electron chi connectivity index (χ3n) is 6.75. The number of esters is 2. The van der Waals surface area contributed by atoms with Gasteiger partial charge in [-0.3, -0.25) is 9.59 Å². The maximum absolute atomic E-state index is 13.1. The maximum atomic E-state index is 13.1. The van der Waals surface area contributed by atoms with Crippen LogP contribution in [0, 0.1) is 5.92 Å². The van der Waals surface area contributed by atoms with E-state index in [-0.39, 0.29) is 17.2 Å². The summed E-state index contributed by atoms with van der Waals surface area (Å²) in [6, 6.07) is 18.6. The monoisotopic (exact) mass is 576 g/mol. The van der Waals surface area contributed by atoms with Gasteiger partial charge in [-0.2, -0.15) is 0 Å². The van der Waals surface area contributed by atoms with E-state index in [0.717, 1.165) is 29.5 Å². The molecule has 1 fully saturated rings. The quantitative estimate of drug-likeness (QED) is 0.211. The Morgan fingerprint density at radius 1 is 0.976 bits per heavy atom. The predicted octanol–water partition coefficient (Wildman–Crippen LogP) is 4.87. The fourth-order valence-corrected chi connectivity index (χ4v) is 4.26. The SMILES string of the molecule is COc1ccnc(C(=O)N[C@@H](C)C(=O)O[C@@H](C)[C@H](OCC2CC2)c2ccc(-c3ccccc3)cc2)c1OCOC(C)=O. The first-order valence-electron chi connectivity index (χ1n) is 13.8. The molecule has 1 aliphatic rings. The third-order valence-corrected chi connectivity index (χ3v) is 6.75. The number of amides is 1. The number of carbonyl (C=O) groups is 3. The van der Waals surface area contributed by atoms with Crippen LogP contribution in [0.3, 0.4) is 0 Å². The Morgan fingerprint density at radius 2 is 1.67 bits per heavy atom. The molecule has 0 bridgehead atoms. The second kappa shape index (κ2) is 14.5. The van der Waals surface area contributed by atoms with Crippen molar-refractivity contribution in [3.8, 4) is 22.6 Å². The normalized spacial score (nSPS) is 14.7. The number of nitrogens with one attached hydrogen (secondary N) is 1. The predicted molar refractivity (Wildman–Crippen MR) is 154 cm³/mol. The van der Waals surface area contributed by atoms with E-state index in [1.54, 1.807) is 6.92 Å². The molecule has 1 amide bonds. The number of pyridine rings is 1. The summed E-state index contributed by atoms with van der Waals surface area (Å²) in [4.78, 5) is 41.3. The molecule has 1 aliphatic carbocycles. The maximum Gasteiger partial charge on any atom is 0.328 e. The van der Waals surface area contributed by atoms with Crippen LogP contribution < -0.4 is 14.8 Å². The fraction of sp³-hybridized carbons (Fsp3) is 0.375. The van der Waals surface area contributed by atoms with Gasteiger partial charge in [0, 0.05) is 19.2 Å². The van der Waals surface area contributed by atoms with Gasteiger partial charge < -0.3 is 29.0 Å². The molecule has 1 aromatic heterocycles. The Bertz CT molecular complexity index is 1360. The molecule has 10 nitrogen and oxygen atoms in total. The Labute approximate surface area is 245 Å². The van der Waals surface area contributed by atoms with Crippen LogP contribution in [0.25, 0.3) is 11.1 Å². The van der Waals surface area contributed by atoms with Crippen molar-refractivity contribution in [2.45, 2.75) is 51.9 Å². The highest BCUT2D eigenvalue weighted by molar-refractivity contribution is 5.98. The molecule has 1 N–H and O–H groups in total. The third kappa shape index (κ3) is 8.29. The van der Waals surface area contributed by atoms with Gasteiger partial charge in [-0.05, 0) is 49.3 Å². The summed E-state index contributed by atoms with van der Waals surface area (Å²) < 4.78 is 27.5. The Hall–Kier alpha value is -4.44. The number of hydrogen-bond acceptors (Lipinski definition) is 9. The van der Waals surface area contributed by atoms with E-state index in [9.17, 15) is 14.4 Å². The lowest BCUT2D eigenvalue weighted by molar-refractivity contribution is -0.158. The minimum atomic E-state index is -1.01. The number of ether oxygens (including phenoxy) is 5. The van der Waals surface area contributed by atoms with E-state index >= 15 is 0 Å². The molecule has 0 spiro atoms. The van der Waals surface area contributed by atoms with Gasteiger partial charge in [0.25, 0.3) is 5.91 Å². The zero-order valence-corrected chi connectivity index (χ0v) is 24.2. The minimum absolute atomic E-state index is 0.0276. The first-order chi connectivity index (χ1) is 20.3. The summed E-state index contributed by atoms with van der Waals surface area (Å²) in [5, 5.41) is 2.60. The molecule has 4 rings (SSSR count). The highest BCUT2D eigenvalue weighted by atomic mass is 16.7. The van der Waals surface area contributed by atoms with Crippen LogP contribution in [-0.2, 0) is 23.8 Å². The number of nitrogens with zero attached hydrogens (tertiary/aromatic N) is 1. The lowest BCUT2D eigenvalue weighted by Gasteiger charge is -2.26. The standard InChI is InChI=1S/C32H36N2O8/c1-20(34-31(36)28-30(41-19-40-22(3)35)27(38-4)16-17-33-28)32(37)42-21(2)29(39-18-23-10-11-23)26-14-12-25(13-15-26)24-8-6-5-7-9-24/h5-9,12-17,20-21,23,29H,10-11,18-19H2,1-4H3,(H,34,36)/t20-,21-,29-/m0/s1. The van der Waals surface area contributed by atoms with Crippen molar-refractivity contribution >= 4 is 17.8 Å². The Kier molecular flexibility index (Phi) is 10.5. The van der Waals surface area contributed by atoms with Crippen LogP contribution in [0.5, 0.6) is 11.5 Å². The molecular formula is C32H36N2O8. The van der Waals surface area contributed by atoms with Crippen molar-refractivity contribution in [3.05, 3.63) is 78.1 Å². The van der Waals surface area contributed by atoms with Gasteiger partial charge in [-0.1, -0.05) is 54.6 Å². The average molecular weight is 577 g/mol. The lowest BCUT2D eigenvalue weighted by atomic mass is 10.00. The first kappa shape index (κ1) is 30.5. The molecule has 3 aromatic rings. The molecule has 0 aliphatic heterocycles. The second-order valence-corrected chi connectivity index (χ2v) is 10.1. The summed E-state index contributed by atoms with van der Waals surface area (Å²) in [5.74, 6) is -1.19. The van der Waals surface area contributed by atoms with Crippen LogP contribution in [0.4, 0.5) is 0 Å². The van der Waals surface area contributed by atoms with E-state index < -0.39 is 42.9 Å². The molecular weight excluding hydrogens is 540 g/mol. The topological polar surface area (TPSA) is 122 Å². The summed E-state index contributed by atoms with van der Waals surface area (Å²) in [6.45, 7) is 4.66. The summed E-state index contributed by atoms with van der Waals surface area (Å²) in [5.41, 5.74) is 2.93. The molecule has 3 atom stereocenters. The second-order valence-electron chi connectivity index (χ2n) is 10.1. The summed E-state index contributed by atoms with van der Waals surface area (Å²) in [6.07, 6.45) is 2.51. The summed E-state index contributed by atoms with van der Waals surface area (Å²) in [7, 11) is 1.40. The first-order valence-corrected chi connectivity index (χ1v) is 13.8. The Balaban J connectivity index is 1.42. The van der Waals surface area contributed by atoms with Crippen molar-refractivity contribution in [2.24, 2.45) is 5.92 Å². The minimum Gasteiger partial charge on any atom is -0.493 e. The van der Waals surface area contributed by atoms with E-state index in [0.29, 0.717) is 12.5 Å². The van der Waals surface area contributed by atoms with Crippen LogP contribution in [-0.4, -0.2) is 55.5 Å². The van der Waals surface area contributed by atoms with Gasteiger partial charge in [-0.15, -0.1) is 0 Å². The molecule has 1 saturated carbocycles. The molecule has 10 heteroatoms. The van der Waals surface area contributed by atoms with Crippen molar-refractivity contribution in [1.82, 2.24) is 10.3 Å². The van der Waals surface area contributed by atoms with E-state index in [1.165, 1.54) is 33.2 Å². The molecule has 2 aromatic carbocycles. The van der Waals surface area contributed by atoms with Crippen LogP contribution >= 0.6 is 0 Å². The summed E-state index contributed by atoms with van der Waals surface area (Å²) >= 11 is 0. The van der Waals surface area contributed by atoms with Crippen molar-refractivity contribution < 1.29 is 38.1 Å².